The number of nitrogens with two attached hydrogens (primary N) is 2. The summed E-state index contributed by atoms with van der Waals surface area (Å²) in [5.74, 6) is -0.577. The lowest BCUT2D eigenvalue weighted by atomic mass is 9.66. The van der Waals surface area contributed by atoms with Crippen LogP contribution in [0.1, 0.15) is 44.0 Å². The van der Waals surface area contributed by atoms with Crippen LogP contribution < -0.4 is 11.5 Å². The Morgan fingerprint density at radius 1 is 1.30 bits per heavy atom. The Kier molecular flexibility index (Phi) is 4.27. The monoisotopic (exact) mass is 381 g/mol. The molecule has 27 heavy (non-hydrogen) atoms. The molecule has 4 rings (SSSR count). The predicted octanol–water partition coefficient (Wildman–Crippen LogP) is 2.18. The molecule has 0 radical (unpaired) electrons. The highest BCUT2D eigenvalue weighted by molar-refractivity contribution is 7.18. The molecular weight excluding hydrogens is 362 g/mol. The molecular formula is C19H19N5O2S. The quantitative estimate of drug-likeness (QED) is 0.702. The number of amides is 1. The van der Waals surface area contributed by atoms with Crippen LogP contribution in [0.15, 0.2) is 43.0 Å². The second-order valence-electron chi connectivity index (χ2n) is 6.70. The fourth-order valence-electron chi connectivity index (χ4n) is 3.92. The number of primary amides is 1. The first kappa shape index (κ1) is 17.4. The second-order valence-corrected chi connectivity index (χ2v) is 7.75. The van der Waals surface area contributed by atoms with Gasteiger partial charge in [0.15, 0.2) is 5.78 Å². The summed E-state index contributed by atoms with van der Waals surface area (Å²) in [5, 5.41) is 4.47. The maximum absolute atomic E-state index is 13.6. The van der Waals surface area contributed by atoms with Crippen molar-refractivity contribution >= 4 is 28.0 Å². The minimum Gasteiger partial charge on any atom is -0.390 e. The van der Waals surface area contributed by atoms with Gasteiger partial charge in [-0.1, -0.05) is 30.3 Å². The van der Waals surface area contributed by atoms with Crippen molar-refractivity contribution in [1.29, 1.82) is 0 Å². The number of aryl methyl sites for hydroxylation is 1. The van der Waals surface area contributed by atoms with Crippen LogP contribution in [0.4, 0.5) is 5.00 Å². The van der Waals surface area contributed by atoms with E-state index in [1.54, 1.807) is 11.0 Å². The predicted molar refractivity (Wildman–Crippen MR) is 103 cm³/mol. The summed E-state index contributed by atoms with van der Waals surface area (Å²) in [7, 11) is 0. The molecule has 3 aromatic rings. The Morgan fingerprint density at radius 2 is 2.07 bits per heavy atom. The third kappa shape index (κ3) is 2.82. The maximum atomic E-state index is 13.6. The molecule has 0 bridgehead atoms. The number of carbonyl (C=O) groups excluding carboxylic acids is 2. The lowest BCUT2D eigenvalue weighted by molar-refractivity contribution is 0.0848. The summed E-state index contributed by atoms with van der Waals surface area (Å²) >= 11 is 1.17. The van der Waals surface area contributed by atoms with Crippen LogP contribution in [0.2, 0.25) is 0 Å². The molecule has 0 aliphatic heterocycles. The van der Waals surface area contributed by atoms with Gasteiger partial charge in [-0.25, -0.2) is 4.98 Å². The van der Waals surface area contributed by atoms with Crippen LogP contribution >= 0.6 is 11.3 Å². The molecule has 1 amide bonds. The van der Waals surface area contributed by atoms with Gasteiger partial charge in [-0.2, -0.15) is 5.10 Å². The largest absolute Gasteiger partial charge is 0.390 e. The van der Waals surface area contributed by atoms with E-state index in [-0.39, 0.29) is 5.78 Å². The van der Waals surface area contributed by atoms with E-state index in [0.29, 0.717) is 46.8 Å². The van der Waals surface area contributed by atoms with Crippen molar-refractivity contribution in [1.82, 2.24) is 14.8 Å². The van der Waals surface area contributed by atoms with Crippen LogP contribution in [0.5, 0.6) is 0 Å². The molecule has 4 N–H and O–H groups in total. The van der Waals surface area contributed by atoms with Crippen molar-refractivity contribution in [3.8, 4) is 0 Å². The zero-order valence-corrected chi connectivity index (χ0v) is 15.4. The highest BCUT2D eigenvalue weighted by Crippen LogP contribution is 2.46. The lowest BCUT2D eigenvalue weighted by Gasteiger charge is -2.36. The Balaban J connectivity index is 1.79. The number of nitrogens with zero attached hydrogens (tertiary/aromatic N) is 3. The molecule has 1 unspecified atom stereocenters. The van der Waals surface area contributed by atoms with E-state index in [9.17, 15) is 9.59 Å². The number of ketones is 1. The van der Waals surface area contributed by atoms with Crippen molar-refractivity contribution < 1.29 is 9.59 Å². The van der Waals surface area contributed by atoms with Crippen LogP contribution in [-0.4, -0.2) is 26.5 Å². The zero-order chi connectivity index (χ0) is 19.0. The van der Waals surface area contributed by atoms with Crippen LogP contribution in [0.25, 0.3) is 0 Å². The van der Waals surface area contributed by atoms with Gasteiger partial charge >= 0.3 is 0 Å². The fraction of sp³-hybridized carbons (Fsp3) is 0.263. The molecule has 0 fully saturated rings. The number of fused-ring (bicyclic) bond motifs is 1. The van der Waals surface area contributed by atoms with E-state index in [2.05, 4.69) is 10.1 Å². The van der Waals surface area contributed by atoms with Gasteiger partial charge in [0.1, 0.15) is 12.7 Å². The van der Waals surface area contributed by atoms with E-state index in [4.69, 9.17) is 11.5 Å². The minimum absolute atomic E-state index is 0.000680. The van der Waals surface area contributed by atoms with Gasteiger partial charge in [-0.3, -0.25) is 14.3 Å². The molecule has 1 aliphatic rings. The molecule has 1 aromatic carbocycles. The van der Waals surface area contributed by atoms with Gasteiger partial charge in [0, 0.05) is 6.54 Å². The highest BCUT2D eigenvalue weighted by Gasteiger charge is 2.46. The van der Waals surface area contributed by atoms with Gasteiger partial charge in [0.25, 0.3) is 5.91 Å². The standard InChI is InChI=1S/C19H19N5O2S/c20-17(26)14-13-6-7-19(12-4-2-1-3-5-12,8-9-24-11-22-10-23-24)16(25)15(13)27-18(14)21/h1-5,10-11H,6-9,21H2,(H2,20,26). The fourth-order valence-corrected chi connectivity index (χ4v) is 5.08. The van der Waals surface area contributed by atoms with Crippen molar-refractivity contribution in [2.75, 3.05) is 5.73 Å². The third-order valence-corrected chi connectivity index (χ3v) is 6.34. The molecule has 7 nitrogen and oxygen atoms in total. The summed E-state index contributed by atoms with van der Waals surface area (Å²) in [5.41, 5.74) is 12.8. The molecule has 1 atom stereocenters. The first-order valence-corrected chi connectivity index (χ1v) is 9.48. The average Bonchev–Trinajstić information content (AvgIpc) is 3.29. The van der Waals surface area contributed by atoms with E-state index in [1.165, 1.54) is 17.7 Å². The number of Topliss-reactive ketones (excluding diaryl/α,β-unsaturated/α-hetero) is 1. The molecule has 2 aromatic heterocycles. The number of nitrogen functional groups attached to an aromatic ring is 1. The van der Waals surface area contributed by atoms with E-state index in [1.807, 2.05) is 30.3 Å². The molecule has 0 spiro atoms. The first-order valence-electron chi connectivity index (χ1n) is 8.66. The number of carbonyl (C=O) groups is 2. The van der Waals surface area contributed by atoms with Gasteiger partial charge in [0.2, 0.25) is 0 Å². The number of thiophene rings is 1. The second kappa shape index (κ2) is 6.62. The number of rotatable bonds is 5. The first-order chi connectivity index (χ1) is 13.0. The third-order valence-electron chi connectivity index (χ3n) is 5.28. The van der Waals surface area contributed by atoms with Crippen molar-refractivity contribution in [3.05, 3.63) is 64.6 Å². The minimum atomic E-state index is -0.688. The number of benzene rings is 1. The Labute approximate surface area is 160 Å². The van der Waals surface area contributed by atoms with E-state index < -0.39 is 11.3 Å². The smallest absolute Gasteiger partial charge is 0.251 e. The zero-order valence-electron chi connectivity index (χ0n) is 14.6. The summed E-state index contributed by atoms with van der Waals surface area (Å²) < 4.78 is 1.73. The normalized spacial score (nSPS) is 19.0. The van der Waals surface area contributed by atoms with E-state index >= 15 is 0 Å². The Bertz CT molecular complexity index is 997. The van der Waals surface area contributed by atoms with Gasteiger partial charge in [0.05, 0.1) is 20.9 Å². The lowest BCUT2D eigenvalue weighted by Crippen LogP contribution is -2.41. The number of hydrogen-bond donors (Lipinski definition) is 2. The maximum Gasteiger partial charge on any atom is 0.251 e. The van der Waals surface area contributed by atoms with Crippen molar-refractivity contribution in [2.24, 2.45) is 5.73 Å². The average molecular weight is 381 g/mol. The van der Waals surface area contributed by atoms with E-state index in [0.717, 1.165) is 5.56 Å². The molecule has 0 saturated heterocycles. The summed E-state index contributed by atoms with van der Waals surface area (Å²) in [4.78, 5) is 30.0. The molecule has 2 heterocycles. The topological polar surface area (TPSA) is 117 Å². The molecule has 0 saturated carbocycles. The van der Waals surface area contributed by atoms with Gasteiger partial charge in [-0.15, -0.1) is 11.3 Å². The number of anilines is 1. The molecule has 8 heteroatoms. The summed E-state index contributed by atoms with van der Waals surface area (Å²) in [6.45, 7) is 0.569. The van der Waals surface area contributed by atoms with Crippen LogP contribution in [0.3, 0.4) is 0 Å². The van der Waals surface area contributed by atoms with Crippen LogP contribution in [0, 0.1) is 0 Å². The van der Waals surface area contributed by atoms with Crippen LogP contribution in [-0.2, 0) is 18.4 Å². The Hall–Kier alpha value is -3.00. The molecule has 138 valence electrons. The number of hydrogen-bond acceptors (Lipinski definition) is 6. The number of aromatic nitrogens is 3. The summed E-state index contributed by atoms with van der Waals surface area (Å²) in [6, 6.07) is 9.77. The van der Waals surface area contributed by atoms with Crippen molar-refractivity contribution in [3.63, 3.8) is 0 Å². The van der Waals surface area contributed by atoms with Gasteiger partial charge < -0.3 is 11.5 Å². The van der Waals surface area contributed by atoms with Gasteiger partial charge in [-0.05, 0) is 30.4 Å². The Morgan fingerprint density at radius 3 is 2.74 bits per heavy atom. The van der Waals surface area contributed by atoms with Crippen molar-refractivity contribution in [2.45, 2.75) is 31.2 Å². The summed E-state index contributed by atoms with van der Waals surface area (Å²) in [6.07, 6.45) is 4.89. The highest BCUT2D eigenvalue weighted by atomic mass is 32.1. The molecule has 1 aliphatic carbocycles. The SMILES string of the molecule is NC(=O)c1c(N)sc2c1CCC(CCn1cncn1)(c1ccccc1)C2=O.